The molecule has 1 fully saturated rings. The van der Waals surface area contributed by atoms with E-state index in [9.17, 15) is 0 Å². The third kappa shape index (κ3) is 4.65. The van der Waals surface area contributed by atoms with Crippen LogP contribution in [0, 0.1) is 11.3 Å². The molecule has 0 unspecified atom stereocenters. The second-order valence-electron chi connectivity index (χ2n) is 6.29. The Labute approximate surface area is 120 Å². The molecule has 0 aliphatic heterocycles. The van der Waals surface area contributed by atoms with Crippen molar-refractivity contribution in [3.63, 3.8) is 0 Å². The molecule has 1 nitrogen and oxygen atoms in total. The van der Waals surface area contributed by atoms with Crippen LogP contribution in [0.5, 0.6) is 0 Å². The summed E-state index contributed by atoms with van der Waals surface area (Å²) in [7, 11) is 4.38. The Morgan fingerprint density at radius 3 is 2.32 bits per heavy atom. The largest absolute Gasteiger partial charge is 0.309 e. The summed E-state index contributed by atoms with van der Waals surface area (Å²) in [5.41, 5.74) is 2.00. The Bertz CT molecular complexity index is 328. The predicted octanol–water partition coefficient (Wildman–Crippen LogP) is 4.82. The van der Waals surface area contributed by atoms with Gasteiger partial charge in [-0.05, 0) is 77.0 Å². The summed E-state index contributed by atoms with van der Waals surface area (Å²) in [5.74, 6) is 0.765. The van der Waals surface area contributed by atoms with Gasteiger partial charge in [-0.25, -0.2) is 0 Å². The van der Waals surface area contributed by atoms with Gasteiger partial charge in [0.15, 0.2) is 0 Å². The monoisotopic (exact) mass is 261 g/mol. The minimum absolute atomic E-state index is 0.469. The molecule has 0 heterocycles. The first kappa shape index (κ1) is 16.2. The lowest BCUT2D eigenvalue weighted by Gasteiger charge is -2.42. The smallest absolute Gasteiger partial charge is 0.00348 e. The Hall–Kier alpha value is -0.820. The van der Waals surface area contributed by atoms with Crippen molar-refractivity contribution in [2.75, 3.05) is 20.6 Å². The fraction of sp³-hybridized carbons (Fsp3) is 0.667. The van der Waals surface area contributed by atoms with Crippen molar-refractivity contribution in [2.24, 2.45) is 11.3 Å². The molecule has 19 heavy (non-hydrogen) atoms. The van der Waals surface area contributed by atoms with Gasteiger partial charge >= 0.3 is 0 Å². The second kappa shape index (κ2) is 7.69. The molecule has 0 N–H and O–H groups in total. The van der Waals surface area contributed by atoms with Gasteiger partial charge in [0.2, 0.25) is 0 Å². The zero-order valence-corrected chi connectivity index (χ0v) is 13.3. The lowest BCUT2D eigenvalue weighted by Crippen LogP contribution is -2.37. The fourth-order valence-corrected chi connectivity index (χ4v) is 3.63. The van der Waals surface area contributed by atoms with Gasteiger partial charge in [0.05, 0.1) is 0 Å². The summed E-state index contributed by atoms with van der Waals surface area (Å²) in [4.78, 5) is 2.34. The molecule has 0 aromatic carbocycles. The Morgan fingerprint density at radius 1 is 1.26 bits per heavy atom. The fourth-order valence-electron chi connectivity index (χ4n) is 3.63. The van der Waals surface area contributed by atoms with Crippen LogP contribution >= 0.6 is 0 Å². The molecule has 0 saturated heterocycles. The third-order valence-corrected chi connectivity index (χ3v) is 4.44. The number of hydrogen-bond donors (Lipinski definition) is 0. The second-order valence-corrected chi connectivity index (χ2v) is 6.29. The van der Waals surface area contributed by atoms with E-state index in [0.29, 0.717) is 5.41 Å². The van der Waals surface area contributed by atoms with Gasteiger partial charge in [-0.15, -0.1) is 6.58 Å². The zero-order chi connectivity index (χ0) is 14.3. The van der Waals surface area contributed by atoms with Gasteiger partial charge in [-0.3, -0.25) is 0 Å². The van der Waals surface area contributed by atoms with Crippen LogP contribution in [0.1, 0.15) is 46.0 Å². The van der Waals surface area contributed by atoms with Crippen molar-refractivity contribution in [1.29, 1.82) is 0 Å². The van der Waals surface area contributed by atoms with Gasteiger partial charge in [0.25, 0.3) is 0 Å². The van der Waals surface area contributed by atoms with Crippen LogP contribution in [0.2, 0.25) is 0 Å². The maximum absolute atomic E-state index is 3.97. The predicted molar refractivity (Wildman–Crippen MR) is 86.3 cm³/mol. The Morgan fingerprint density at radius 2 is 1.89 bits per heavy atom. The van der Waals surface area contributed by atoms with E-state index in [2.05, 4.69) is 63.7 Å². The molecule has 0 amide bonds. The number of hydrogen-bond acceptors (Lipinski definition) is 1. The summed E-state index contributed by atoms with van der Waals surface area (Å²) in [6.45, 7) is 9.44. The average Bonchev–Trinajstić information content (AvgIpc) is 2.37. The molecule has 1 aliphatic rings. The van der Waals surface area contributed by atoms with E-state index < -0.39 is 0 Å². The molecule has 0 aromatic heterocycles. The Balaban J connectivity index is 2.69. The topological polar surface area (TPSA) is 3.24 Å². The normalized spacial score (nSPS) is 29.1. The highest BCUT2D eigenvalue weighted by molar-refractivity contribution is 5.21. The molecule has 0 bridgehead atoms. The van der Waals surface area contributed by atoms with Crippen molar-refractivity contribution in [3.05, 3.63) is 36.5 Å². The summed E-state index contributed by atoms with van der Waals surface area (Å²) in [6, 6.07) is 0. The molecule has 1 rings (SSSR count). The minimum Gasteiger partial charge on any atom is -0.309 e. The van der Waals surface area contributed by atoms with Crippen LogP contribution in [0.4, 0.5) is 0 Å². The van der Waals surface area contributed by atoms with Crippen molar-refractivity contribution in [2.45, 2.75) is 46.0 Å². The third-order valence-electron chi connectivity index (χ3n) is 4.44. The van der Waals surface area contributed by atoms with Gasteiger partial charge in [-0.1, -0.05) is 24.3 Å². The quantitative estimate of drug-likeness (QED) is 0.489. The van der Waals surface area contributed by atoms with Crippen LogP contribution in [-0.2, 0) is 0 Å². The van der Waals surface area contributed by atoms with E-state index in [4.69, 9.17) is 0 Å². The van der Waals surface area contributed by atoms with E-state index in [-0.39, 0.29) is 0 Å². The summed E-state index contributed by atoms with van der Waals surface area (Å²) < 4.78 is 0. The van der Waals surface area contributed by atoms with Crippen molar-refractivity contribution < 1.29 is 0 Å². The standard InChI is InChI=1S/C18H31N/c1-6-9-16(8-3)17-10-13-18(12-7-2,14-11-17)15-19(4)5/h6-9,17H,2,10-15H2,1,3-5H3/b9-6-,16-8+. The molecule has 1 saturated carbocycles. The van der Waals surface area contributed by atoms with Crippen LogP contribution in [0.25, 0.3) is 0 Å². The van der Waals surface area contributed by atoms with Crippen molar-refractivity contribution >= 4 is 0 Å². The molecule has 1 aliphatic carbocycles. The van der Waals surface area contributed by atoms with Gasteiger partial charge in [0, 0.05) is 6.54 Å². The first-order chi connectivity index (χ1) is 9.06. The molecular formula is C18H31N. The zero-order valence-electron chi connectivity index (χ0n) is 13.3. The highest BCUT2D eigenvalue weighted by Gasteiger charge is 2.35. The number of rotatable bonds is 6. The lowest BCUT2D eigenvalue weighted by molar-refractivity contribution is 0.119. The molecule has 108 valence electrons. The SMILES string of the molecule is C=CCC1(CN(C)C)CCC(C(/C=C\C)=C/C)CC1. The molecule has 0 atom stereocenters. The lowest BCUT2D eigenvalue weighted by atomic mass is 9.67. The molecule has 1 heteroatoms. The number of allylic oxidation sites excluding steroid dienone is 5. The van der Waals surface area contributed by atoms with E-state index in [0.717, 1.165) is 12.3 Å². The maximum atomic E-state index is 3.97. The van der Waals surface area contributed by atoms with Gasteiger partial charge < -0.3 is 4.90 Å². The van der Waals surface area contributed by atoms with Crippen LogP contribution in [0.15, 0.2) is 36.5 Å². The molecule has 0 radical (unpaired) electrons. The first-order valence-corrected chi connectivity index (χ1v) is 7.61. The highest BCUT2D eigenvalue weighted by atomic mass is 15.1. The molecule has 0 aromatic rings. The van der Waals surface area contributed by atoms with E-state index in [1.54, 1.807) is 0 Å². The summed E-state index contributed by atoms with van der Waals surface area (Å²) in [5, 5.41) is 0. The maximum Gasteiger partial charge on any atom is 0.00348 e. The number of nitrogens with zero attached hydrogens (tertiary/aromatic N) is 1. The van der Waals surface area contributed by atoms with Crippen molar-refractivity contribution in [3.8, 4) is 0 Å². The Kier molecular flexibility index (Phi) is 6.57. The van der Waals surface area contributed by atoms with Crippen LogP contribution in [0.3, 0.4) is 0 Å². The van der Waals surface area contributed by atoms with Crippen LogP contribution in [-0.4, -0.2) is 25.5 Å². The average molecular weight is 261 g/mol. The van der Waals surface area contributed by atoms with Gasteiger partial charge in [-0.2, -0.15) is 0 Å². The van der Waals surface area contributed by atoms with E-state index in [1.807, 2.05) is 0 Å². The van der Waals surface area contributed by atoms with Gasteiger partial charge in [0.1, 0.15) is 0 Å². The first-order valence-electron chi connectivity index (χ1n) is 7.61. The van der Waals surface area contributed by atoms with E-state index >= 15 is 0 Å². The highest BCUT2D eigenvalue weighted by Crippen LogP contribution is 2.44. The molecule has 0 spiro atoms. The summed E-state index contributed by atoms with van der Waals surface area (Å²) in [6.07, 6.45) is 15.3. The summed E-state index contributed by atoms with van der Waals surface area (Å²) >= 11 is 0. The van der Waals surface area contributed by atoms with Crippen molar-refractivity contribution in [1.82, 2.24) is 4.90 Å². The molecular weight excluding hydrogens is 230 g/mol. The van der Waals surface area contributed by atoms with E-state index in [1.165, 1.54) is 37.8 Å². The van der Waals surface area contributed by atoms with Crippen LogP contribution < -0.4 is 0 Å². The minimum atomic E-state index is 0.469.